The molecule has 0 aromatic carbocycles. The number of fused-ring (bicyclic) bond motifs is 1. The quantitative estimate of drug-likeness (QED) is 0.688. The topological polar surface area (TPSA) is 30.7 Å². The van der Waals surface area contributed by atoms with Gasteiger partial charge in [0.15, 0.2) is 4.60 Å². The van der Waals surface area contributed by atoms with Crippen LogP contribution in [0.25, 0.3) is 11.0 Å². The largest absolute Gasteiger partial charge is 0.265 e. The Labute approximate surface area is 78.5 Å². The molecule has 0 fully saturated rings. The third-order valence-electron chi connectivity index (χ3n) is 1.88. The highest BCUT2D eigenvalue weighted by Crippen LogP contribution is 2.22. The molecule has 0 spiro atoms. The van der Waals surface area contributed by atoms with Crippen molar-refractivity contribution in [2.24, 2.45) is 7.05 Å². The zero-order valence-corrected chi connectivity index (χ0v) is 8.46. The maximum absolute atomic E-state index is 4.23. The van der Waals surface area contributed by atoms with Crippen molar-refractivity contribution in [3.63, 3.8) is 0 Å². The van der Waals surface area contributed by atoms with E-state index in [1.54, 1.807) is 6.20 Å². The Hall–Kier alpha value is -0.900. The molecule has 3 nitrogen and oxygen atoms in total. The Kier molecular flexibility index (Phi) is 1.65. The molecule has 2 aromatic heterocycles. The smallest absolute Gasteiger partial charge is 0.154 e. The molecule has 0 unspecified atom stereocenters. The summed E-state index contributed by atoms with van der Waals surface area (Å²) >= 11 is 3.36. The summed E-state index contributed by atoms with van der Waals surface area (Å²) in [5.41, 5.74) is 3.21. The van der Waals surface area contributed by atoms with Crippen molar-refractivity contribution in [1.82, 2.24) is 14.8 Å². The molecule has 0 N–H and O–H groups in total. The molecule has 0 amide bonds. The number of halogens is 1. The lowest BCUT2D eigenvalue weighted by Gasteiger charge is -1.96. The first kappa shape index (κ1) is 7.73. The molecule has 62 valence electrons. The van der Waals surface area contributed by atoms with E-state index in [1.165, 1.54) is 5.56 Å². The van der Waals surface area contributed by atoms with E-state index in [-0.39, 0.29) is 0 Å². The summed E-state index contributed by atoms with van der Waals surface area (Å²) in [5, 5.41) is 4.22. The molecule has 0 bridgehead atoms. The third kappa shape index (κ3) is 0.948. The summed E-state index contributed by atoms with van der Waals surface area (Å²) in [6, 6.07) is 1.98. The lowest BCUT2D eigenvalue weighted by atomic mass is 10.2. The Morgan fingerprint density at radius 2 is 2.25 bits per heavy atom. The van der Waals surface area contributed by atoms with Crippen molar-refractivity contribution < 1.29 is 0 Å². The van der Waals surface area contributed by atoms with Gasteiger partial charge in [-0.1, -0.05) is 0 Å². The van der Waals surface area contributed by atoms with E-state index < -0.39 is 0 Å². The summed E-state index contributed by atoms with van der Waals surface area (Å²) in [4.78, 5) is 4.23. The number of hydrogen-bond donors (Lipinski definition) is 0. The fourth-order valence-electron chi connectivity index (χ4n) is 1.34. The number of nitrogens with zero attached hydrogens (tertiary/aromatic N) is 3. The molecule has 0 aliphatic heterocycles. The second kappa shape index (κ2) is 2.55. The first-order valence-electron chi connectivity index (χ1n) is 3.64. The second-order valence-corrected chi connectivity index (χ2v) is 3.49. The van der Waals surface area contributed by atoms with Crippen LogP contribution >= 0.6 is 15.9 Å². The van der Waals surface area contributed by atoms with Crippen molar-refractivity contribution in [1.29, 1.82) is 0 Å². The fraction of sp³-hybridized carbons (Fsp3) is 0.250. The van der Waals surface area contributed by atoms with Gasteiger partial charge in [0.1, 0.15) is 5.52 Å². The van der Waals surface area contributed by atoms with Crippen molar-refractivity contribution in [2.75, 3.05) is 0 Å². The van der Waals surface area contributed by atoms with Crippen molar-refractivity contribution in [3.8, 4) is 0 Å². The van der Waals surface area contributed by atoms with Gasteiger partial charge in [-0.05, 0) is 34.5 Å². The van der Waals surface area contributed by atoms with Gasteiger partial charge in [-0.15, -0.1) is 0 Å². The molecule has 0 radical (unpaired) electrons. The Morgan fingerprint density at radius 1 is 1.50 bits per heavy atom. The first-order chi connectivity index (χ1) is 5.70. The highest BCUT2D eigenvalue weighted by atomic mass is 79.9. The van der Waals surface area contributed by atoms with Gasteiger partial charge >= 0.3 is 0 Å². The minimum absolute atomic E-state index is 0.809. The fourth-order valence-corrected chi connectivity index (χ4v) is 1.87. The van der Waals surface area contributed by atoms with Crippen LogP contribution in [0.3, 0.4) is 0 Å². The van der Waals surface area contributed by atoms with Gasteiger partial charge in [0, 0.05) is 13.2 Å². The normalized spacial score (nSPS) is 10.9. The van der Waals surface area contributed by atoms with Crippen molar-refractivity contribution in [2.45, 2.75) is 6.92 Å². The number of rotatable bonds is 0. The molecular weight excluding hydrogens is 218 g/mol. The minimum atomic E-state index is 0.809. The van der Waals surface area contributed by atoms with E-state index in [1.807, 2.05) is 17.8 Å². The van der Waals surface area contributed by atoms with E-state index in [9.17, 15) is 0 Å². The van der Waals surface area contributed by atoms with Crippen molar-refractivity contribution in [3.05, 3.63) is 22.4 Å². The summed E-state index contributed by atoms with van der Waals surface area (Å²) in [6.45, 7) is 2.05. The Morgan fingerprint density at radius 3 is 2.92 bits per heavy atom. The zero-order valence-electron chi connectivity index (χ0n) is 6.87. The second-order valence-electron chi connectivity index (χ2n) is 2.74. The highest BCUT2D eigenvalue weighted by molar-refractivity contribution is 9.10. The van der Waals surface area contributed by atoms with Gasteiger partial charge in [-0.25, -0.2) is 0 Å². The molecule has 0 saturated heterocycles. The van der Waals surface area contributed by atoms with Gasteiger partial charge in [0.25, 0.3) is 0 Å². The maximum atomic E-state index is 4.23. The van der Waals surface area contributed by atoms with E-state index in [4.69, 9.17) is 0 Å². The number of aryl methyl sites for hydroxylation is 2. The van der Waals surface area contributed by atoms with Crippen LogP contribution < -0.4 is 0 Å². The number of hydrogen-bond acceptors (Lipinski definition) is 2. The standard InChI is InChI=1S/C8H8BrN3/c1-5-3-4-10-6-7(5)12(2)11-8(6)9/h3-4H,1-2H3. The van der Waals surface area contributed by atoms with Gasteiger partial charge in [-0.3, -0.25) is 9.67 Å². The van der Waals surface area contributed by atoms with E-state index in [0.29, 0.717) is 0 Å². The minimum Gasteiger partial charge on any atom is -0.265 e. The predicted molar refractivity (Wildman–Crippen MR) is 50.9 cm³/mol. The molecule has 2 aromatic rings. The maximum Gasteiger partial charge on any atom is 0.154 e. The first-order valence-corrected chi connectivity index (χ1v) is 4.43. The zero-order chi connectivity index (χ0) is 8.72. The molecular formula is C8H8BrN3. The van der Waals surface area contributed by atoms with E-state index >= 15 is 0 Å². The molecule has 0 saturated carbocycles. The van der Waals surface area contributed by atoms with Crippen LogP contribution in [-0.4, -0.2) is 14.8 Å². The van der Waals surface area contributed by atoms with Crippen LogP contribution in [0, 0.1) is 6.92 Å². The van der Waals surface area contributed by atoms with Gasteiger partial charge in [0.05, 0.1) is 5.52 Å². The molecule has 0 aliphatic carbocycles. The van der Waals surface area contributed by atoms with Crippen LogP contribution in [0.4, 0.5) is 0 Å². The lowest BCUT2D eigenvalue weighted by Crippen LogP contribution is -1.91. The van der Waals surface area contributed by atoms with Crippen LogP contribution in [-0.2, 0) is 7.05 Å². The Balaban J connectivity index is 2.99. The highest BCUT2D eigenvalue weighted by Gasteiger charge is 2.07. The summed E-state index contributed by atoms with van der Waals surface area (Å²) in [6.07, 6.45) is 1.80. The molecule has 12 heavy (non-hydrogen) atoms. The predicted octanol–water partition coefficient (Wildman–Crippen LogP) is 2.04. The van der Waals surface area contributed by atoms with Crippen LogP contribution in [0.15, 0.2) is 16.9 Å². The average Bonchev–Trinajstić information content (AvgIpc) is 2.29. The van der Waals surface area contributed by atoms with Gasteiger partial charge < -0.3 is 0 Å². The summed E-state index contributed by atoms with van der Waals surface area (Å²) in [5.74, 6) is 0. The third-order valence-corrected chi connectivity index (χ3v) is 2.42. The Bertz CT molecular complexity index is 433. The lowest BCUT2D eigenvalue weighted by molar-refractivity contribution is 0.786. The molecule has 4 heteroatoms. The number of aromatic nitrogens is 3. The monoisotopic (exact) mass is 225 g/mol. The summed E-state index contributed by atoms with van der Waals surface area (Å²) < 4.78 is 2.64. The van der Waals surface area contributed by atoms with Gasteiger partial charge in [0.2, 0.25) is 0 Å². The molecule has 0 aliphatic rings. The van der Waals surface area contributed by atoms with Crippen molar-refractivity contribution >= 4 is 27.0 Å². The molecule has 2 heterocycles. The van der Waals surface area contributed by atoms with Crippen LogP contribution in [0.5, 0.6) is 0 Å². The van der Waals surface area contributed by atoms with Crippen LogP contribution in [0.1, 0.15) is 5.56 Å². The van der Waals surface area contributed by atoms with E-state index in [0.717, 1.165) is 15.6 Å². The van der Waals surface area contributed by atoms with Crippen LogP contribution in [0.2, 0.25) is 0 Å². The molecule has 0 atom stereocenters. The molecule has 2 rings (SSSR count). The van der Waals surface area contributed by atoms with Gasteiger partial charge in [-0.2, -0.15) is 5.10 Å². The number of pyridine rings is 1. The SMILES string of the molecule is Cc1ccnc2c(Br)nn(C)c12. The van der Waals surface area contributed by atoms with E-state index in [2.05, 4.69) is 32.9 Å². The summed E-state index contributed by atoms with van der Waals surface area (Å²) in [7, 11) is 1.92. The average molecular weight is 226 g/mol.